The van der Waals surface area contributed by atoms with E-state index in [4.69, 9.17) is 17.3 Å². The largest absolute Gasteiger partial charge is 0.368 e. The summed E-state index contributed by atoms with van der Waals surface area (Å²) >= 11 is 12.5. The highest BCUT2D eigenvalue weighted by molar-refractivity contribution is 9.11. The molecule has 2 heterocycles. The lowest BCUT2D eigenvalue weighted by Crippen LogP contribution is -2.16. The molecule has 0 saturated heterocycles. The van der Waals surface area contributed by atoms with Crippen LogP contribution in [0.15, 0.2) is 21.3 Å². The number of nitrogens with one attached hydrogen (secondary N) is 2. The number of halogens is 3. The second-order valence-corrected chi connectivity index (χ2v) is 9.06. The first-order valence-corrected chi connectivity index (χ1v) is 11.5. The SMILES string of the molecule is Clc1ncc(Br)c(NC2CCCC2)n1.Nc1ncc(Br)c(NC2CCCC2)n1. The molecule has 10 heteroatoms. The highest BCUT2D eigenvalue weighted by Crippen LogP contribution is 2.27. The van der Waals surface area contributed by atoms with Crippen LogP contribution in [0.4, 0.5) is 17.6 Å². The summed E-state index contributed by atoms with van der Waals surface area (Å²) in [4.78, 5) is 16.1. The number of nitrogens with zero attached hydrogens (tertiary/aromatic N) is 4. The summed E-state index contributed by atoms with van der Waals surface area (Å²) in [6.45, 7) is 0. The summed E-state index contributed by atoms with van der Waals surface area (Å²) < 4.78 is 1.74. The van der Waals surface area contributed by atoms with E-state index in [9.17, 15) is 0 Å². The average molecular weight is 534 g/mol. The molecule has 2 saturated carbocycles. The second kappa shape index (κ2) is 10.5. The second-order valence-electron chi connectivity index (χ2n) is 7.01. The normalized spacial score (nSPS) is 17.2. The van der Waals surface area contributed by atoms with Gasteiger partial charge >= 0.3 is 0 Å². The summed E-state index contributed by atoms with van der Waals surface area (Å²) in [7, 11) is 0. The van der Waals surface area contributed by atoms with Gasteiger partial charge in [0.1, 0.15) is 11.6 Å². The van der Waals surface area contributed by atoms with Gasteiger partial charge in [-0.25, -0.2) is 9.97 Å². The summed E-state index contributed by atoms with van der Waals surface area (Å²) in [5.74, 6) is 1.93. The minimum atomic E-state index is 0.286. The Morgan fingerprint density at radius 2 is 1.29 bits per heavy atom. The standard InChI is InChI=1S/C9H11BrClN3.C9H13BrN4/c2*10-7-5-12-9(11)14-8(7)13-6-3-1-2-4-6/h5-6H,1-4H2,(H,12,13,14);5-6H,1-4H2,(H3,11,12,13,14). The first-order valence-electron chi connectivity index (χ1n) is 9.50. The van der Waals surface area contributed by atoms with Gasteiger partial charge in [-0.05, 0) is 69.1 Å². The van der Waals surface area contributed by atoms with Crippen molar-refractivity contribution in [3.05, 3.63) is 26.6 Å². The third kappa shape index (κ3) is 6.42. The molecule has 4 N–H and O–H groups in total. The number of rotatable bonds is 4. The maximum absolute atomic E-state index is 5.72. The van der Waals surface area contributed by atoms with E-state index >= 15 is 0 Å². The number of nitrogen functional groups attached to an aromatic ring is 1. The van der Waals surface area contributed by atoms with Gasteiger partial charge in [0.2, 0.25) is 11.2 Å². The molecule has 0 bridgehead atoms. The molecular formula is C18H24Br2ClN7. The molecule has 0 atom stereocenters. The zero-order chi connectivity index (χ0) is 19.9. The minimum absolute atomic E-state index is 0.286. The predicted molar refractivity (Wildman–Crippen MR) is 121 cm³/mol. The lowest BCUT2D eigenvalue weighted by atomic mass is 10.2. The van der Waals surface area contributed by atoms with Crippen molar-refractivity contribution in [1.29, 1.82) is 0 Å². The fourth-order valence-electron chi connectivity index (χ4n) is 3.46. The van der Waals surface area contributed by atoms with E-state index in [0.717, 1.165) is 20.6 Å². The smallest absolute Gasteiger partial charge is 0.224 e. The van der Waals surface area contributed by atoms with Crippen LogP contribution >= 0.6 is 43.5 Å². The molecule has 2 aromatic rings. The van der Waals surface area contributed by atoms with Gasteiger partial charge in [-0.2, -0.15) is 9.97 Å². The van der Waals surface area contributed by atoms with Crippen molar-refractivity contribution in [3.8, 4) is 0 Å². The molecule has 152 valence electrons. The molecule has 0 amide bonds. The van der Waals surface area contributed by atoms with Crippen molar-refractivity contribution in [1.82, 2.24) is 19.9 Å². The molecule has 2 fully saturated rings. The Morgan fingerprint density at radius 3 is 1.82 bits per heavy atom. The van der Waals surface area contributed by atoms with Gasteiger partial charge in [0.05, 0.1) is 8.95 Å². The predicted octanol–water partition coefficient (Wildman–Crippen LogP) is 5.42. The Kier molecular flexibility index (Phi) is 8.11. The number of anilines is 3. The number of hydrogen-bond donors (Lipinski definition) is 3. The molecular weight excluding hydrogens is 510 g/mol. The summed E-state index contributed by atoms with van der Waals surface area (Å²) in [6.07, 6.45) is 13.4. The Hall–Kier alpha value is -1.19. The van der Waals surface area contributed by atoms with Gasteiger partial charge in [-0.3, -0.25) is 0 Å². The van der Waals surface area contributed by atoms with E-state index in [2.05, 4.69) is 62.4 Å². The Morgan fingerprint density at radius 1 is 0.821 bits per heavy atom. The van der Waals surface area contributed by atoms with Crippen molar-refractivity contribution >= 4 is 61.0 Å². The quantitative estimate of drug-likeness (QED) is 0.451. The Bertz CT molecular complexity index is 715. The lowest BCUT2D eigenvalue weighted by Gasteiger charge is -2.13. The van der Waals surface area contributed by atoms with E-state index < -0.39 is 0 Å². The molecule has 0 radical (unpaired) electrons. The highest BCUT2D eigenvalue weighted by atomic mass is 79.9. The fourth-order valence-corrected chi connectivity index (χ4v) is 4.20. The fraction of sp³-hybridized carbons (Fsp3) is 0.556. The minimum Gasteiger partial charge on any atom is -0.368 e. The van der Waals surface area contributed by atoms with E-state index in [0.29, 0.717) is 18.0 Å². The maximum atomic E-state index is 5.72. The molecule has 0 spiro atoms. The lowest BCUT2D eigenvalue weighted by molar-refractivity contribution is 0.749. The average Bonchev–Trinajstić information content (AvgIpc) is 3.36. The van der Waals surface area contributed by atoms with Crippen LogP contribution < -0.4 is 16.4 Å². The highest BCUT2D eigenvalue weighted by Gasteiger charge is 2.17. The number of aromatic nitrogens is 4. The molecule has 2 aliphatic carbocycles. The molecule has 4 rings (SSSR count). The van der Waals surface area contributed by atoms with Crippen molar-refractivity contribution in [2.24, 2.45) is 0 Å². The van der Waals surface area contributed by atoms with Gasteiger partial charge in [-0.1, -0.05) is 25.7 Å². The van der Waals surface area contributed by atoms with Crippen LogP contribution in [0.25, 0.3) is 0 Å². The van der Waals surface area contributed by atoms with Crippen LogP contribution in [-0.4, -0.2) is 32.0 Å². The topological polar surface area (TPSA) is 102 Å². The van der Waals surface area contributed by atoms with Crippen LogP contribution in [0.3, 0.4) is 0 Å². The van der Waals surface area contributed by atoms with E-state index in [-0.39, 0.29) is 5.28 Å². The van der Waals surface area contributed by atoms with Gasteiger partial charge in [-0.15, -0.1) is 0 Å². The third-order valence-corrected chi connectivity index (χ3v) is 6.21. The number of nitrogens with two attached hydrogens (primary N) is 1. The molecule has 28 heavy (non-hydrogen) atoms. The zero-order valence-corrected chi connectivity index (χ0v) is 19.4. The molecule has 0 unspecified atom stereocenters. The van der Waals surface area contributed by atoms with Gasteiger partial charge in [0, 0.05) is 24.5 Å². The molecule has 7 nitrogen and oxygen atoms in total. The zero-order valence-electron chi connectivity index (χ0n) is 15.5. The van der Waals surface area contributed by atoms with Crippen molar-refractivity contribution in [3.63, 3.8) is 0 Å². The monoisotopic (exact) mass is 531 g/mol. The van der Waals surface area contributed by atoms with Crippen LogP contribution in [0, 0.1) is 0 Å². The molecule has 2 aliphatic rings. The molecule has 2 aromatic heterocycles. The van der Waals surface area contributed by atoms with Crippen LogP contribution in [-0.2, 0) is 0 Å². The van der Waals surface area contributed by atoms with Crippen molar-refractivity contribution in [2.75, 3.05) is 16.4 Å². The van der Waals surface area contributed by atoms with Crippen molar-refractivity contribution < 1.29 is 0 Å². The summed E-state index contributed by atoms with van der Waals surface area (Å²) in [6, 6.07) is 1.08. The van der Waals surface area contributed by atoms with Crippen LogP contribution in [0.2, 0.25) is 5.28 Å². The van der Waals surface area contributed by atoms with Crippen LogP contribution in [0.1, 0.15) is 51.4 Å². The van der Waals surface area contributed by atoms with Crippen molar-refractivity contribution in [2.45, 2.75) is 63.5 Å². The van der Waals surface area contributed by atoms with E-state index in [1.165, 1.54) is 51.4 Å². The van der Waals surface area contributed by atoms with Gasteiger partial charge in [0.15, 0.2) is 0 Å². The van der Waals surface area contributed by atoms with Gasteiger partial charge in [0.25, 0.3) is 0 Å². The first kappa shape index (κ1) is 21.5. The third-order valence-electron chi connectivity index (χ3n) is 4.87. The van der Waals surface area contributed by atoms with E-state index in [1.54, 1.807) is 12.4 Å². The first-order chi connectivity index (χ1) is 13.5. The Labute approximate surface area is 186 Å². The Balaban J connectivity index is 0.000000161. The summed E-state index contributed by atoms with van der Waals surface area (Å²) in [5.41, 5.74) is 5.52. The summed E-state index contributed by atoms with van der Waals surface area (Å²) in [5, 5.41) is 7.03. The number of hydrogen-bond acceptors (Lipinski definition) is 7. The molecule has 0 aromatic carbocycles. The maximum Gasteiger partial charge on any atom is 0.224 e. The molecule has 0 aliphatic heterocycles. The van der Waals surface area contributed by atoms with Gasteiger partial charge < -0.3 is 16.4 Å². The van der Waals surface area contributed by atoms with E-state index in [1.807, 2.05) is 0 Å². The van der Waals surface area contributed by atoms with Crippen LogP contribution in [0.5, 0.6) is 0 Å².